The summed E-state index contributed by atoms with van der Waals surface area (Å²) in [6.07, 6.45) is 6.09. The van der Waals surface area contributed by atoms with Gasteiger partial charge >= 0.3 is 0 Å². The van der Waals surface area contributed by atoms with Crippen molar-refractivity contribution < 1.29 is 9.13 Å². The van der Waals surface area contributed by atoms with Gasteiger partial charge in [-0.05, 0) is 35.9 Å². The van der Waals surface area contributed by atoms with Crippen molar-refractivity contribution in [1.29, 1.82) is 0 Å². The summed E-state index contributed by atoms with van der Waals surface area (Å²) < 4.78 is 18.6. The predicted molar refractivity (Wildman–Crippen MR) is 82.4 cm³/mol. The molecule has 0 atom stereocenters. The van der Waals surface area contributed by atoms with Crippen molar-refractivity contribution in [2.75, 3.05) is 11.9 Å². The Kier molecular flexibility index (Phi) is 6.99. The van der Waals surface area contributed by atoms with Gasteiger partial charge in [-0.1, -0.05) is 19.8 Å². The summed E-state index contributed by atoms with van der Waals surface area (Å²) in [6, 6.07) is 6.84. The normalized spacial score (nSPS) is 9.10. The third-order valence-corrected chi connectivity index (χ3v) is 2.34. The molecular weight excluding hydrogens is 293 g/mol. The number of halogens is 2. The minimum absolute atomic E-state index is 0.0114. The predicted octanol–water partition coefficient (Wildman–Crippen LogP) is 4.05. The highest BCUT2D eigenvalue weighted by atomic mass is 35.5. The third kappa shape index (κ3) is 5.28. The molecule has 1 aromatic heterocycles. The minimum Gasteiger partial charge on any atom is -0.481 e. The van der Waals surface area contributed by atoms with Gasteiger partial charge in [-0.15, -0.1) is 6.42 Å². The topological polar surface area (TPSA) is 47.0 Å². The Bertz CT molecular complexity index is 611. The van der Waals surface area contributed by atoms with E-state index >= 15 is 0 Å². The molecular formula is C15H15ClFN3O. The van der Waals surface area contributed by atoms with Gasteiger partial charge in [0.25, 0.3) is 0 Å². The fourth-order valence-corrected chi connectivity index (χ4v) is 1.46. The Morgan fingerprint density at radius 2 is 2.00 bits per heavy atom. The van der Waals surface area contributed by atoms with Crippen LogP contribution in [0, 0.1) is 18.2 Å². The van der Waals surface area contributed by atoms with E-state index in [0.717, 1.165) is 6.20 Å². The molecule has 4 nitrogen and oxygen atoms in total. The van der Waals surface area contributed by atoms with Crippen molar-refractivity contribution in [3.8, 4) is 18.1 Å². The Morgan fingerprint density at radius 3 is 2.62 bits per heavy atom. The molecule has 0 unspecified atom stereocenters. The van der Waals surface area contributed by atoms with Crippen LogP contribution in [0.5, 0.6) is 5.75 Å². The van der Waals surface area contributed by atoms with Gasteiger partial charge in [0.05, 0.1) is 6.20 Å². The highest BCUT2D eigenvalue weighted by Crippen LogP contribution is 2.21. The summed E-state index contributed by atoms with van der Waals surface area (Å²) in [5.41, 5.74) is 0.640. The molecule has 0 spiro atoms. The number of nitrogens with one attached hydrogen (secondary N) is 1. The molecule has 1 N–H and O–H groups in total. The molecule has 21 heavy (non-hydrogen) atoms. The summed E-state index contributed by atoms with van der Waals surface area (Å²) in [5.74, 6) is 2.42. The van der Waals surface area contributed by atoms with Crippen LogP contribution in [0.3, 0.4) is 0 Å². The number of rotatable bonds is 4. The summed E-state index contributed by atoms with van der Waals surface area (Å²) in [4.78, 5) is 7.28. The summed E-state index contributed by atoms with van der Waals surface area (Å²) in [5, 5.41) is 2.76. The van der Waals surface area contributed by atoms with E-state index < -0.39 is 5.82 Å². The van der Waals surface area contributed by atoms with E-state index in [1.54, 1.807) is 24.3 Å². The Balaban J connectivity index is 0.00000106. The van der Waals surface area contributed by atoms with Gasteiger partial charge in [-0.2, -0.15) is 4.98 Å². The van der Waals surface area contributed by atoms with Gasteiger partial charge in [-0.3, -0.25) is 0 Å². The lowest BCUT2D eigenvalue weighted by molar-refractivity contribution is 0.370. The lowest BCUT2D eigenvalue weighted by Gasteiger charge is -2.07. The maximum Gasteiger partial charge on any atom is 0.224 e. The second kappa shape index (κ2) is 8.77. The zero-order valence-electron chi connectivity index (χ0n) is 11.7. The first-order chi connectivity index (χ1) is 10.2. The van der Waals surface area contributed by atoms with Gasteiger partial charge in [-0.25, -0.2) is 9.37 Å². The fraction of sp³-hybridized carbons (Fsp3) is 0.200. The molecule has 0 bridgehead atoms. The van der Waals surface area contributed by atoms with Gasteiger partial charge in [0.1, 0.15) is 12.4 Å². The Morgan fingerprint density at radius 1 is 1.33 bits per heavy atom. The molecule has 1 aromatic carbocycles. The van der Waals surface area contributed by atoms with Crippen molar-refractivity contribution in [2.24, 2.45) is 0 Å². The van der Waals surface area contributed by atoms with Gasteiger partial charge in [0.2, 0.25) is 5.28 Å². The number of nitrogens with zero attached hydrogens (tertiary/aromatic N) is 2. The second-order valence-electron chi connectivity index (χ2n) is 3.48. The largest absolute Gasteiger partial charge is 0.481 e. The molecule has 0 aliphatic carbocycles. The summed E-state index contributed by atoms with van der Waals surface area (Å²) >= 11 is 5.60. The van der Waals surface area contributed by atoms with E-state index in [0.29, 0.717) is 11.4 Å². The van der Waals surface area contributed by atoms with Crippen molar-refractivity contribution in [1.82, 2.24) is 9.97 Å². The molecule has 0 fully saturated rings. The number of aromatic nitrogens is 2. The third-order valence-electron chi connectivity index (χ3n) is 2.15. The van der Waals surface area contributed by atoms with Crippen LogP contribution in [0.2, 0.25) is 5.28 Å². The summed E-state index contributed by atoms with van der Waals surface area (Å²) in [6.45, 7) is 4.20. The highest BCUT2D eigenvalue weighted by molar-refractivity contribution is 6.28. The van der Waals surface area contributed by atoms with E-state index in [1.165, 1.54) is 0 Å². The molecule has 6 heteroatoms. The Hall–Kier alpha value is -2.32. The first kappa shape index (κ1) is 16.7. The van der Waals surface area contributed by atoms with Crippen molar-refractivity contribution >= 4 is 23.1 Å². The number of terminal acetylenes is 1. The van der Waals surface area contributed by atoms with Crippen molar-refractivity contribution in [3.05, 3.63) is 41.6 Å². The fourth-order valence-electron chi connectivity index (χ4n) is 1.33. The first-order valence-corrected chi connectivity index (χ1v) is 6.68. The van der Waals surface area contributed by atoms with E-state index in [1.807, 2.05) is 13.8 Å². The van der Waals surface area contributed by atoms with Gasteiger partial charge < -0.3 is 10.1 Å². The Labute approximate surface area is 128 Å². The van der Waals surface area contributed by atoms with Crippen LogP contribution in [0.25, 0.3) is 0 Å². The van der Waals surface area contributed by atoms with Crippen molar-refractivity contribution in [3.63, 3.8) is 0 Å². The molecule has 0 saturated carbocycles. The number of hydrogen-bond acceptors (Lipinski definition) is 4. The molecule has 0 saturated heterocycles. The lowest BCUT2D eigenvalue weighted by Crippen LogP contribution is -1.99. The molecule has 0 amide bonds. The van der Waals surface area contributed by atoms with Crippen LogP contribution < -0.4 is 10.1 Å². The maximum absolute atomic E-state index is 13.4. The summed E-state index contributed by atoms with van der Waals surface area (Å²) in [7, 11) is 0. The standard InChI is InChI=1S/C13H9ClFN3O.C2H6/c1-2-7-19-10-5-3-9(4-6-10)17-12-11(15)8-16-13(14)18-12;1-2/h1,3-6,8H,7H2,(H,16,17,18);1-2H3. The van der Waals surface area contributed by atoms with Crippen LogP contribution in [0.15, 0.2) is 30.5 Å². The monoisotopic (exact) mass is 307 g/mol. The van der Waals surface area contributed by atoms with Crippen LogP contribution in [-0.2, 0) is 0 Å². The quantitative estimate of drug-likeness (QED) is 0.684. The van der Waals surface area contributed by atoms with E-state index in [2.05, 4.69) is 21.2 Å². The minimum atomic E-state index is -0.586. The molecule has 1 heterocycles. The number of ether oxygens (including phenoxy) is 1. The number of benzene rings is 1. The smallest absolute Gasteiger partial charge is 0.224 e. The van der Waals surface area contributed by atoms with E-state index in [-0.39, 0.29) is 17.7 Å². The van der Waals surface area contributed by atoms with Crippen LogP contribution in [0.4, 0.5) is 15.9 Å². The van der Waals surface area contributed by atoms with Crippen LogP contribution in [-0.4, -0.2) is 16.6 Å². The maximum atomic E-state index is 13.4. The molecule has 0 aliphatic rings. The van der Waals surface area contributed by atoms with Crippen LogP contribution in [0.1, 0.15) is 13.8 Å². The molecule has 2 aromatic rings. The lowest BCUT2D eigenvalue weighted by atomic mass is 10.3. The van der Waals surface area contributed by atoms with E-state index in [4.69, 9.17) is 22.8 Å². The second-order valence-corrected chi connectivity index (χ2v) is 3.82. The molecule has 0 aliphatic heterocycles. The SMILES string of the molecule is C#CCOc1ccc(Nc2nc(Cl)ncc2F)cc1.CC. The first-order valence-electron chi connectivity index (χ1n) is 6.30. The zero-order valence-corrected chi connectivity index (χ0v) is 12.5. The van der Waals surface area contributed by atoms with E-state index in [9.17, 15) is 4.39 Å². The molecule has 2 rings (SSSR count). The van der Waals surface area contributed by atoms with Crippen LogP contribution >= 0.6 is 11.6 Å². The van der Waals surface area contributed by atoms with Gasteiger partial charge in [0, 0.05) is 5.69 Å². The molecule has 0 radical (unpaired) electrons. The number of hydrogen-bond donors (Lipinski definition) is 1. The van der Waals surface area contributed by atoms with Crippen molar-refractivity contribution in [2.45, 2.75) is 13.8 Å². The average molecular weight is 308 g/mol. The number of anilines is 2. The average Bonchev–Trinajstić information content (AvgIpc) is 2.52. The highest BCUT2D eigenvalue weighted by Gasteiger charge is 2.06. The van der Waals surface area contributed by atoms with Gasteiger partial charge in [0.15, 0.2) is 11.6 Å². The molecule has 110 valence electrons. The zero-order chi connectivity index (χ0) is 15.7.